The van der Waals surface area contributed by atoms with Gasteiger partial charge in [-0.1, -0.05) is 24.3 Å². The third-order valence-electron chi connectivity index (χ3n) is 4.96. The van der Waals surface area contributed by atoms with Crippen LogP contribution in [0, 0.1) is 0 Å². The minimum atomic E-state index is -0.577. The summed E-state index contributed by atoms with van der Waals surface area (Å²) < 4.78 is 8.61. The van der Waals surface area contributed by atoms with Crippen molar-refractivity contribution < 1.29 is 14.3 Å². The lowest BCUT2D eigenvalue weighted by molar-refractivity contribution is -0.147. The second-order valence-corrected chi connectivity index (χ2v) is 7.41. The van der Waals surface area contributed by atoms with Crippen LogP contribution in [0.1, 0.15) is 19.9 Å². The van der Waals surface area contributed by atoms with Crippen molar-refractivity contribution in [2.24, 2.45) is 0 Å². The average Bonchev–Trinajstić information content (AvgIpc) is 3.23. The molecule has 2 aromatic carbocycles. The summed E-state index contributed by atoms with van der Waals surface area (Å²) in [5, 5.41) is 7.89. The van der Waals surface area contributed by atoms with Gasteiger partial charge in [0.25, 0.3) is 5.91 Å². The van der Waals surface area contributed by atoms with Crippen LogP contribution in [0.25, 0.3) is 21.8 Å². The van der Waals surface area contributed by atoms with Crippen molar-refractivity contribution in [3.63, 3.8) is 0 Å². The van der Waals surface area contributed by atoms with Crippen LogP contribution in [-0.2, 0) is 20.9 Å². The molecule has 1 N–H and O–H groups in total. The third-order valence-corrected chi connectivity index (χ3v) is 4.96. The summed E-state index contributed by atoms with van der Waals surface area (Å²) in [7, 11) is 0. The Morgan fingerprint density at radius 2 is 1.61 bits per heavy atom. The van der Waals surface area contributed by atoms with Crippen LogP contribution in [0.5, 0.6) is 0 Å². The number of benzene rings is 2. The Bertz CT molecular complexity index is 1280. The number of aromatic nitrogens is 3. The summed E-state index contributed by atoms with van der Waals surface area (Å²) in [5.74, 6) is -0.495. The summed E-state index contributed by atoms with van der Waals surface area (Å²) in [5.41, 5.74) is 1.18. The van der Waals surface area contributed by atoms with E-state index < -0.39 is 18.5 Å². The molecule has 0 bridgehead atoms. The van der Waals surface area contributed by atoms with Crippen LogP contribution in [0.15, 0.2) is 65.6 Å². The van der Waals surface area contributed by atoms with E-state index in [4.69, 9.17) is 4.74 Å². The van der Waals surface area contributed by atoms with Crippen LogP contribution in [0.4, 0.5) is 5.82 Å². The van der Waals surface area contributed by atoms with Gasteiger partial charge in [0.15, 0.2) is 12.0 Å². The number of nitrogens with zero attached hydrogens (tertiary/aromatic N) is 3. The van der Waals surface area contributed by atoms with Gasteiger partial charge < -0.3 is 14.6 Å². The van der Waals surface area contributed by atoms with Crippen molar-refractivity contribution in [3.8, 4) is 0 Å². The number of fused-ring (bicyclic) bond motifs is 2. The van der Waals surface area contributed by atoms with Crippen LogP contribution < -0.4 is 10.7 Å². The molecular formula is C23H22N4O4. The molecule has 0 saturated carbocycles. The SMILES string of the molecule is CC(C)n1nccc1NC(=O)COC(=O)Cn1c2ccccc2c(=O)c2ccccc21. The van der Waals surface area contributed by atoms with E-state index in [0.29, 0.717) is 27.6 Å². The Morgan fingerprint density at radius 3 is 2.23 bits per heavy atom. The molecule has 0 aliphatic rings. The molecule has 0 unspecified atom stereocenters. The quantitative estimate of drug-likeness (QED) is 0.383. The van der Waals surface area contributed by atoms with Crippen molar-refractivity contribution >= 4 is 39.5 Å². The Kier molecular flexibility index (Phi) is 5.53. The Labute approximate surface area is 178 Å². The van der Waals surface area contributed by atoms with Crippen molar-refractivity contribution in [3.05, 3.63) is 71.0 Å². The van der Waals surface area contributed by atoms with Crippen LogP contribution in [0.2, 0.25) is 0 Å². The minimum absolute atomic E-state index is 0.0785. The highest BCUT2D eigenvalue weighted by Crippen LogP contribution is 2.19. The molecule has 8 heteroatoms. The first kappa shape index (κ1) is 20.3. The number of hydrogen-bond donors (Lipinski definition) is 1. The molecule has 4 rings (SSSR count). The van der Waals surface area contributed by atoms with Gasteiger partial charge in [0, 0.05) is 22.9 Å². The number of carbonyl (C=O) groups is 2. The number of carbonyl (C=O) groups excluding carboxylic acids is 2. The Morgan fingerprint density at radius 1 is 1.00 bits per heavy atom. The molecule has 2 aromatic heterocycles. The number of rotatable bonds is 6. The maximum Gasteiger partial charge on any atom is 0.326 e. The maximum absolute atomic E-state index is 12.8. The zero-order valence-electron chi connectivity index (χ0n) is 17.2. The first-order valence-electron chi connectivity index (χ1n) is 9.95. The molecule has 4 aromatic rings. The number of nitrogens with one attached hydrogen (secondary N) is 1. The number of pyridine rings is 1. The van der Waals surface area contributed by atoms with E-state index in [9.17, 15) is 14.4 Å². The van der Waals surface area contributed by atoms with E-state index in [1.54, 1.807) is 57.9 Å². The fourth-order valence-corrected chi connectivity index (χ4v) is 3.57. The topological polar surface area (TPSA) is 95.2 Å². The van der Waals surface area contributed by atoms with Gasteiger partial charge in [-0.05, 0) is 38.1 Å². The molecule has 2 heterocycles. The second-order valence-electron chi connectivity index (χ2n) is 7.41. The molecule has 0 atom stereocenters. The number of esters is 1. The number of ether oxygens (including phenoxy) is 1. The van der Waals surface area contributed by atoms with Crippen LogP contribution in [0.3, 0.4) is 0 Å². The fraction of sp³-hybridized carbons (Fsp3) is 0.217. The van der Waals surface area contributed by atoms with Gasteiger partial charge in [-0.25, -0.2) is 4.68 Å². The van der Waals surface area contributed by atoms with Gasteiger partial charge in [0.05, 0.1) is 17.2 Å². The number of anilines is 1. The van der Waals surface area contributed by atoms with Gasteiger partial charge >= 0.3 is 5.97 Å². The van der Waals surface area contributed by atoms with Crippen molar-refractivity contribution in [1.29, 1.82) is 0 Å². The van der Waals surface area contributed by atoms with E-state index in [2.05, 4.69) is 10.4 Å². The number of para-hydroxylation sites is 2. The lowest BCUT2D eigenvalue weighted by Gasteiger charge is -2.15. The summed E-state index contributed by atoms with van der Waals surface area (Å²) >= 11 is 0. The Balaban J connectivity index is 1.52. The summed E-state index contributed by atoms with van der Waals surface area (Å²) in [4.78, 5) is 37.6. The van der Waals surface area contributed by atoms with E-state index >= 15 is 0 Å². The van der Waals surface area contributed by atoms with Gasteiger partial charge in [0.1, 0.15) is 12.4 Å². The average molecular weight is 418 g/mol. The van der Waals surface area contributed by atoms with Gasteiger partial charge in [-0.2, -0.15) is 5.10 Å². The highest BCUT2D eigenvalue weighted by molar-refractivity contribution is 5.95. The molecule has 158 valence electrons. The second kappa shape index (κ2) is 8.43. The van der Waals surface area contributed by atoms with Crippen molar-refractivity contribution in [1.82, 2.24) is 14.3 Å². The number of hydrogen-bond acceptors (Lipinski definition) is 5. The van der Waals surface area contributed by atoms with Gasteiger partial charge in [-0.15, -0.1) is 0 Å². The molecule has 0 saturated heterocycles. The molecule has 0 aliphatic heterocycles. The zero-order valence-corrected chi connectivity index (χ0v) is 17.2. The molecule has 0 aliphatic carbocycles. The molecule has 0 spiro atoms. The highest BCUT2D eigenvalue weighted by Gasteiger charge is 2.15. The van der Waals surface area contributed by atoms with E-state index in [1.165, 1.54) is 0 Å². The van der Waals surface area contributed by atoms with Crippen LogP contribution in [-0.4, -0.2) is 32.8 Å². The van der Waals surface area contributed by atoms with Gasteiger partial charge in [0.2, 0.25) is 0 Å². The normalized spacial score (nSPS) is 11.2. The lowest BCUT2D eigenvalue weighted by atomic mass is 10.1. The van der Waals surface area contributed by atoms with E-state index in [0.717, 1.165) is 0 Å². The predicted octanol–water partition coefficient (Wildman–Crippen LogP) is 3.11. The number of amides is 1. The fourth-order valence-electron chi connectivity index (χ4n) is 3.57. The Hall–Kier alpha value is -3.94. The largest absolute Gasteiger partial charge is 0.454 e. The van der Waals surface area contributed by atoms with Gasteiger partial charge in [-0.3, -0.25) is 14.4 Å². The monoisotopic (exact) mass is 418 g/mol. The zero-order chi connectivity index (χ0) is 22.0. The van der Waals surface area contributed by atoms with Crippen LogP contribution >= 0.6 is 0 Å². The minimum Gasteiger partial charge on any atom is -0.454 e. The first-order chi connectivity index (χ1) is 15.0. The van der Waals surface area contributed by atoms with Crippen molar-refractivity contribution in [2.75, 3.05) is 11.9 Å². The molecule has 0 fully saturated rings. The smallest absolute Gasteiger partial charge is 0.326 e. The van der Waals surface area contributed by atoms with E-state index in [-0.39, 0.29) is 18.0 Å². The molecule has 1 amide bonds. The summed E-state index contributed by atoms with van der Waals surface area (Å²) in [6.45, 7) is 3.35. The molecule has 8 nitrogen and oxygen atoms in total. The maximum atomic E-state index is 12.8. The van der Waals surface area contributed by atoms with Crippen molar-refractivity contribution in [2.45, 2.75) is 26.4 Å². The molecule has 31 heavy (non-hydrogen) atoms. The molecular weight excluding hydrogens is 396 g/mol. The summed E-state index contributed by atoms with van der Waals surface area (Å²) in [6.07, 6.45) is 1.59. The standard InChI is InChI=1S/C23H22N4O4/c1-15(2)27-20(11-12-24-27)25-21(28)14-31-22(29)13-26-18-9-5-3-7-16(18)23(30)17-8-4-6-10-19(17)26/h3-12,15H,13-14H2,1-2H3,(H,25,28). The first-order valence-corrected chi connectivity index (χ1v) is 9.95. The summed E-state index contributed by atoms with van der Waals surface area (Å²) in [6, 6.07) is 16.0. The van der Waals surface area contributed by atoms with E-state index in [1.807, 2.05) is 26.0 Å². The lowest BCUT2D eigenvalue weighted by Crippen LogP contribution is -2.25. The predicted molar refractivity (Wildman–Crippen MR) is 118 cm³/mol. The highest BCUT2D eigenvalue weighted by atomic mass is 16.5. The third kappa shape index (κ3) is 4.05. The molecule has 0 radical (unpaired) electrons.